The van der Waals surface area contributed by atoms with Crippen LogP contribution < -0.4 is 4.80 Å². The van der Waals surface area contributed by atoms with Gasteiger partial charge in [0.2, 0.25) is 10.0 Å². The summed E-state index contributed by atoms with van der Waals surface area (Å²) in [5.74, 6) is 0.261. The van der Waals surface area contributed by atoms with Crippen molar-refractivity contribution < 1.29 is 13.2 Å². The SMILES string of the molecule is CSCCn1c(=NC(=O)C2CCCN(S(C)(=O)=O)C2)sc2cc(Cl)ccc21. The molecule has 148 valence electrons. The molecule has 1 aliphatic heterocycles. The lowest BCUT2D eigenvalue weighted by molar-refractivity contribution is -0.122. The number of benzene rings is 1. The highest BCUT2D eigenvalue weighted by atomic mass is 35.5. The second kappa shape index (κ2) is 8.65. The number of halogens is 1. The minimum atomic E-state index is -3.29. The summed E-state index contributed by atoms with van der Waals surface area (Å²) in [6.07, 6.45) is 4.56. The van der Waals surface area contributed by atoms with Gasteiger partial charge in [0.25, 0.3) is 5.91 Å². The predicted octanol–water partition coefficient (Wildman–Crippen LogP) is 2.82. The van der Waals surface area contributed by atoms with E-state index in [1.54, 1.807) is 11.8 Å². The molecule has 1 fully saturated rings. The molecule has 0 bridgehead atoms. The summed E-state index contributed by atoms with van der Waals surface area (Å²) < 4.78 is 28.0. The van der Waals surface area contributed by atoms with Gasteiger partial charge in [-0.05, 0) is 37.3 Å². The summed E-state index contributed by atoms with van der Waals surface area (Å²) >= 11 is 9.27. The number of nitrogens with zero attached hydrogens (tertiary/aromatic N) is 3. The molecule has 3 rings (SSSR count). The zero-order valence-corrected chi connectivity index (χ0v) is 18.4. The Kier molecular flexibility index (Phi) is 6.68. The maximum atomic E-state index is 12.8. The molecule has 1 aromatic heterocycles. The number of sulfonamides is 1. The van der Waals surface area contributed by atoms with Gasteiger partial charge in [-0.3, -0.25) is 4.79 Å². The Morgan fingerprint density at radius 3 is 2.93 bits per heavy atom. The van der Waals surface area contributed by atoms with E-state index in [-0.39, 0.29) is 12.5 Å². The number of thioether (sulfide) groups is 1. The molecule has 0 radical (unpaired) electrons. The molecule has 27 heavy (non-hydrogen) atoms. The fraction of sp³-hybridized carbons (Fsp3) is 0.529. The third-order valence-corrected chi connectivity index (χ3v) is 7.71. The van der Waals surface area contributed by atoms with Gasteiger partial charge in [-0.15, -0.1) is 0 Å². The van der Waals surface area contributed by atoms with Gasteiger partial charge >= 0.3 is 0 Å². The van der Waals surface area contributed by atoms with E-state index >= 15 is 0 Å². The molecule has 2 heterocycles. The first-order valence-electron chi connectivity index (χ1n) is 8.61. The van der Waals surface area contributed by atoms with E-state index in [0.29, 0.717) is 29.2 Å². The van der Waals surface area contributed by atoms with Crippen LogP contribution in [0.4, 0.5) is 0 Å². The molecule has 1 aromatic carbocycles. The summed E-state index contributed by atoms with van der Waals surface area (Å²) in [4.78, 5) is 17.8. The van der Waals surface area contributed by atoms with E-state index in [1.807, 2.05) is 29.0 Å². The molecule has 0 N–H and O–H groups in total. The third kappa shape index (κ3) is 4.95. The van der Waals surface area contributed by atoms with Gasteiger partial charge in [-0.1, -0.05) is 22.9 Å². The second-order valence-electron chi connectivity index (χ2n) is 6.55. The second-order valence-corrected chi connectivity index (χ2v) is 11.0. The van der Waals surface area contributed by atoms with Crippen LogP contribution in [0.2, 0.25) is 5.02 Å². The van der Waals surface area contributed by atoms with Crippen LogP contribution in [0.1, 0.15) is 12.8 Å². The van der Waals surface area contributed by atoms with Crippen LogP contribution in [-0.4, -0.2) is 54.6 Å². The minimum absolute atomic E-state index is 0.211. The number of rotatable bonds is 5. The van der Waals surface area contributed by atoms with Gasteiger partial charge < -0.3 is 4.57 Å². The lowest BCUT2D eigenvalue weighted by Gasteiger charge is -2.28. The predicted molar refractivity (Wildman–Crippen MR) is 113 cm³/mol. The molecule has 10 heteroatoms. The van der Waals surface area contributed by atoms with Crippen molar-refractivity contribution in [3.63, 3.8) is 0 Å². The Morgan fingerprint density at radius 2 is 2.22 bits per heavy atom. The molecular weight excluding hydrogens is 426 g/mol. The van der Waals surface area contributed by atoms with E-state index in [0.717, 1.165) is 22.5 Å². The maximum Gasteiger partial charge on any atom is 0.252 e. The molecule has 0 saturated carbocycles. The monoisotopic (exact) mass is 447 g/mol. The number of piperidine rings is 1. The smallest absolute Gasteiger partial charge is 0.252 e. The van der Waals surface area contributed by atoms with Gasteiger partial charge in [0.05, 0.1) is 22.4 Å². The summed E-state index contributed by atoms with van der Waals surface area (Å²) in [5.41, 5.74) is 1.01. The first-order valence-corrected chi connectivity index (χ1v) is 13.0. The van der Waals surface area contributed by atoms with Gasteiger partial charge in [0, 0.05) is 30.4 Å². The van der Waals surface area contributed by atoms with Crippen molar-refractivity contribution in [2.24, 2.45) is 10.9 Å². The fourth-order valence-electron chi connectivity index (χ4n) is 3.16. The van der Waals surface area contributed by atoms with E-state index in [4.69, 9.17) is 11.6 Å². The highest BCUT2D eigenvalue weighted by Crippen LogP contribution is 2.23. The van der Waals surface area contributed by atoms with Crippen LogP contribution in [0.3, 0.4) is 0 Å². The Bertz CT molecular complexity index is 1010. The number of amides is 1. The average molecular weight is 448 g/mol. The molecule has 1 saturated heterocycles. The number of aryl methyl sites for hydroxylation is 1. The number of carbonyl (C=O) groups is 1. The van der Waals surface area contributed by atoms with Crippen molar-refractivity contribution in [1.29, 1.82) is 0 Å². The van der Waals surface area contributed by atoms with E-state index in [1.165, 1.54) is 21.9 Å². The lowest BCUT2D eigenvalue weighted by Crippen LogP contribution is -2.41. The molecule has 1 aliphatic rings. The molecule has 2 aromatic rings. The van der Waals surface area contributed by atoms with Crippen LogP contribution in [0, 0.1) is 5.92 Å². The average Bonchev–Trinajstić information content (AvgIpc) is 2.95. The Hall–Kier alpha value is -0.870. The van der Waals surface area contributed by atoms with Crippen molar-refractivity contribution in [2.75, 3.05) is 31.4 Å². The number of hydrogen-bond donors (Lipinski definition) is 0. The topological polar surface area (TPSA) is 71.7 Å². The van der Waals surface area contributed by atoms with Crippen molar-refractivity contribution in [1.82, 2.24) is 8.87 Å². The first-order chi connectivity index (χ1) is 12.8. The summed E-state index contributed by atoms with van der Waals surface area (Å²) in [6, 6.07) is 5.67. The lowest BCUT2D eigenvalue weighted by atomic mass is 9.99. The minimum Gasteiger partial charge on any atom is -0.316 e. The number of thiazole rings is 1. The Morgan fingerprint density at radius 1 is 1.44 bits per heavy atom. The summed E-state index contributed by atoms with van der Waals surface area (Å²) in [7, 11) is -3.29. The quantitative estimate of drug-likeness (QED) is 0.706. The van der Waals surface area contributed by atoms with Crippen LogP contribution >= 0.6 is 34.7 Å². The molecule has 1 atom stereocenters. The van der Waals surface area contributed by atoms with Crippen LogP contribution in [0.5, 0.6) is 0 Å². The number of fused-ring (bicyclic) bond motifs is 1. The molecule has 6 nitrogen and oxygen atoms in total. The van der Waals surface area contributed by atoms with Crippen molar-refractivity contribution in [3.8, 4) is 0 Å². The van der Waals surface area contributed by atoms with Gasteiger partial charge in [0.1, 0.15) is 0 Å². The molecule has 1 unspecified atom stereocenters. The van der Waals surface area contributed by atoms with Gasteiger partial charge in [-0.25, -0.2) is 12.7 Å². The first kappa shape index (κ1) is 20.9. The standard InChI is InChI=1S/C17H22ClN3O3S3/c1-25-9-8-21-14-6-5-13(18)10-15(14)26-17(21)19-16(22)12-4-3-7-20(11-12)27(2,23)24/h5-6,10,12H,3-4,7-9,11H2,1-2H3. The van der Waals surface area contributed by atoms with E-state index in [2.05, 4.69) is 4.99 Å². The van der Waals surface area contributed by atoms with E-state index < -0.39 is 15.9 Å². The highest BCUT2D eigenvalue weighted by Gasteiger charge is 2.30. The summed E-state index contributed by atoms with van der Waals surface area (Å²) in [6.45, 7) is 1.43. The maximum absolute atomic E-state index is 12.8. The molecule has 0 spiro atoms. The fourth-order valence-corrected chi connectivity index (χ4v) is 5.78. The van der Waals surface area contributed by atoms with Gasteiger partial charge in [0.15, 0.2) is 4.80 Å². The molecule has 0 aliphatic carbocycles. The number of carbonyl (C=O) groups excluding carboxylic acids is 1. The van der Waals surface area contributed by atoms with Crippen molar-refractivity contribution >= 4 is 60.8 Å². The Labute approximate surface area is 172 Å². The number of aromatic nitrogens is 1. The normalized spacial score (nSPS) is 19.7. The summed E-state index contributed by atoms with van der Waals surface area (Å²) in [5, 5.41) is 0.648. The zero-order chi connectivity index (χ0) is 19.6. The third-order valence-electron chi connectivity index (χ3n) is 4.57. The number of hydrogen-bond acceptors (Lipinski definition) is 5. The highest BCUT2D eigenvalue weighted by molar-refractivity contribution is 7.98. The van der Waals surface area contributed by atoms with Gasteiger partial charge in [-0.2, -0.15) is 16.8 Å². The van der Waals surface area contributed by atoms with E-state index in [9.17, 15) is 13.2 Å². The molecule has 1 amide bonds. The Balaban J connectivity index is 1.95. The van der Waals surface area contributed by atoms with Crippen LogP contribution in [0.25, 0.3) is 10.2 Å². The van der Waals surface area contributed by atoms with Crippen LogP contribution in [-0.2, 0) is 21.4 Å². The van der Waals surface area contributed by atoms with Crippen LogP contribution in [0.15, 0.2) is 23.2 Å². The van der Waals surface area contributed by atoms with Crippen molar-refractivity contribution in [3.05, 3.63) is 28.0 Å². The molecular formula is C17H22ClN3O3S3. The van der Waals surface area contributed by atoms with Crippen molar-refractivity contribution in [2.45, 2.75) is 19.4 Å². The largest absolute Gasteiger partial charge is 0.316 e. The zero-order valence-electron chi connectivity index (χ0n) is 15.2.